The normalized spacial score (nSPS) is 14.9. The van der Waals surface area contributed by atoms with Crippen molar-refractivity contribution in [1.29, 1.82) is 0 Å². The Morgan fingerprint density at radius 2 is 1.95 bits per heavy atom. The van der Waals surface area contributed by atoms with E-state index < -0.39 is 0 Å². The van der Waals surface area contributed by atoms with Crippen molar-refractivity contribution < 1.29 is 4.42 Å². The van der Waals surface area contributed by atoms with E-state index in [-0.39, 0.29) is 0 Å². The molecule has 0 unspecified atom stereocenters. The first kappa shape index (κ1) is 13.4. The van der Waals surface area contributed by atoms with Crippen LogP contribution in [-0.4, -0.2) is 18.0 Å². The molecule has 0 radical (unpaired) electrons. The Morgan fingerprint density at radius 1 is 1.15 bits per heavy atom. The summed E-state index contributed by atoms with van der Waals surface area (Å²) in [5, 5.41) is 3.54. The highest BCUT2D eigenvalue weighted by Crippen LogP contribution is 2.21. The average molecular weight is 270 g/mol. The summed E-state index contributed by atoms with van der Waals surface area (Å²) >= 11 is 0. The molecule has 0 spiro atoms. The fraction of sp³-hybridized carbons (Fsp3) is 0.412. The molecule has 0 bridgehead atoms. The van der Waals surface area contributed by atoms with Crippen molar-refractivity contribution in [2.24, 2.45) is 0 Å². The van der Waals surface area contributed by atoms with Crippen LogP contribution < -0.4 is 5.32 Å². The van der Waals surface area contributed by atoms with E-state index >= 15 is 0 Å². The predicted molar refractivity (Wildman–Crippen MR) is 80.2 cm³/mol. The first-order valence-corrected chi connectivity index (χ1v) is 7.32. The van der Waals surface area contributed by atoms with Gasteiger partial charge in [0, 0.05) is 24.7 Å². The third-order valence-corrected chi connectivity index (χ3v) is 3.71. The number of nitrogens with one attached hydrogen (secondary N) is 1. The first-order chi connectivity index (χ1) is 9.81. The van der Waals surface area contributed by atoms with Gasteiger partial charge in [-0.25, -0.2) is 0 Å². The van der Waals surface area contributed by atoms with Crippen molar-refractivity contribution in [2.45, 2.75) is 38.5 Å². The molecule has 1 fully saturated rings. The van der Waals surface area contributed by atoms with Gasteiger partial charge in [0.25, 0.3) is 0 Å². The molecule has 0 aliphatic heterocycles. The van der Waals surface area contributed by atoms with Crippen LogP contribution in [0.1, 0.15) is 29.7 Å². The maximum Gasteiger partial charge on any atom is 0.122 e. The van der Waals surface area contributed by atoms with Crippen molar-refractivity contribution in [3.63, 3.8) is 0 Å². The molecule has 1 aromatic carbocycles. The number of hydrogen-bond acceptors (Lipinski definition) is 3. The van der Waals surface area contributed by atoms with Crippen molar-refractivity contribution >= 4 is 0 Å². The Morgan fingerprint density at radius 3 is 2.70 bits per heavy atom. The SMILES string of the molecule is CN(Cc1ccccc1)Cc1occc1CNC1CC1. The van der Waals surface area contributed by atoms with Crippen LogP contribution in [0.25, 0.3) is 0 Å². The van der Waals surface area contributed by atoms with E-state index in [0.29, 0.717) is 0 Å². The molecule has 1 aliphatic carbocycles. The van der Waals surface area contributed by atoms with Gasteiger partial charge in [-0.05, 0) is 31.5 Å². The summed E-state index contributed by atoms with van der Waals surface area (Å²) in [5.41, 5.74) is 2.62. The minimum atomic E-state index is 0.736. The quantitative estimate of drug-likeness (QED) is 0.837. The lowest BCUT2D eigenvalue weighted by Gasteiger charge is -2.16. The van der Waals surface area contributed by atoms with Crippen LogP contribution in [0.4, 0.5) is 0 Å². The summed E-state index contributed by atoms with van der Waals surface area (Å²) < 4.78 is 5.64. The maximum atomic E-state index is 5.64. The van der Waals surface area contributed by atoms with Crippen LogP contribution in [0.2, 0.25) is 0 Å². The van der Waals surface area contributed by atoms with E-state index in [0.717, 1.165) is 31.4 Å². The van der Waals surface area contributed by atoms with Crippen LogP contribution >= 0.6 is 0 Å². The molecular weight excluding hydrogens is 248 g/mol. The Hall–Kier alpha value is -1.58. The standard InChI is InChI=1S/C17H22N2O/c1-19(12-14-5-3-2-4-6-14)13-17-15(9-10-20-17)11-18-16-7-8-16/h2-6,9-10,16,18H,7-8,11-13H2,1H3. The van der Waals surface area contributed by atoms with Gasteiger partial charge in [-0.1, -0.05) is 30.3 Å². The Bertz CT molecular complexity index is 531. The monoisotopic (exact) mass is 270 g/mol. The molecule has 1 aromatic heterocycles. The highest BCUT2D eigenvalue weighted by atomic mass is 16.3. The van der Waals surface area contributed by atoms with E-state index in [1.54, 1.807) is 6.26 Å². The molecule has 2 aromatic rings. The zero-order valence-electron chi connectivity index (χ0n) is 12.0. The van der Waals surface area contributed by atoms with Crippen LogP contribution in [0.15, 0.2) is 47.1 Å². The highest BCUT2D eigenvalue weighted by Gasteiger charge is 2.21. The van der Waals surface area contributed by atoms with E-state index in [2.05, 4.69) is 53.7 Å². The second kappa shape index (κ2) is 6.25. The molecule has 1 aliphatic rings. The summed E-state index contributed by atoms with van der Waals surface area (Å²) in [6, 6.07) is 13.4. The summed E-state index contributed by atoms with van der Waals surface area (Å²) in [5.74, 6) is 1.08. The van der Waals surface area contributed by atoms with Crippen molar-refractivity contribution in [2.75, 3.05) is 7.05 Å². The molecule has 0 atom stereocenters. The topological polar surface area (TPSA) is 28.4 Å². The third-order valence-electron chi connectivity index (χ3n) is 3.71. The second-order valence-corrected chi connectivity index (χ2v) is 5.68. The number of benzene rings is 1. The van der Waals surface area contributed by atoms with Gasteiger partial charge in [-0.2, -0.15) is 0 Å². The zero-order valence-corrected chi connectivity index (χ0v) is 12.0. The van der Waals surface area contributed by atoms with Gasteiger partial charge in [0.05, 0.1) is 12.8 Å². The number of hydrogen-bond donors (Lipinski definition) is 1. The predicted octanol–water partition coefficient (Wildman–Crippen LogP) is 3.16. The van der Waals surface area contributed by atoms with Crippen LogP contribution in [0.3, 0.4) is 0 Å². The van der Waals surface area contributed by atoms with Gasteiger partial charge in [-0.3, -0.25) is 4.90 Å². The minimum absolute atomic E-state index is 0.736. The molecule has 3 nitrogen and oxygen atoms in total. The fourth-order valence-electron chi connectivity index (χ4n) is 2.40. The van der Waals surface area contributed by atoms with Gasteiger partial charge in [-0.15, -0.1) is 0 Å². The molecule has 0 amide bonds. The lowest BCUT2D eigenvalue weighted by atomic mass is 10.2. The molecule has 1 N–H and O–H groups in total. The Labute approximate surface area is 120 Å². The molecule has 3 heteroatoms. The average Bonchev–Trinajstić information content (AvgIpc) is 3.18. The summed E-state index contributed by atoms with van der Waals surface area (Å²) in [6.45, 7) is 2.72. The van der Waals surface area contributed by atoms with E-state index in [1.165, 1.54) is 24.0 Å². The lowest BCUT2D eigenvalue weighted by Crippen LogP contribution is -2.20. The summed E-state index contributed by atoms with van der Waals surface area (Å²) in [4.78, 5) is 2.29. The summed E-state index contributed by atoms with van der Waals surface area (Å²) in [7, 11) is 2.13. The fourth-order valence-corrected chi connectivity index (χ4v) is 2.40. The lowest BCUT2D eigenvalue weighted by molar-refractivity contribution is 0.286. The van der Waals surface area contributed by atoms with Gasteiger partial charge >= 0.3 is 0 Å². The molecule has 1 heterocycles. The van der Waals surface area contributed by atoms with Gasteiger partial charge < -0.3 is 9.73 Å². The van der Waals surface area contributed by atoms with E-state index in [1.807, 2.05) is 0 Å². The van der Waals surface area contributed by atoms with Crippen LogP contribution in [-0.2, 0) is 19.6 Å². The molecule has 1 saturated carbocycles. The highest BCUT2D eigenvalue weighted by molar-refractivity contribution is 5.18. The number of furan rings is 1. The minimum Gasteiger partial charge on any atom is -0.468 e. The number of rotatable bonds is 7. The molecule has 0 saturated heterocycles. The van der Waals surface area contributed by atoms with Gasteiger partial charge in [0.15, 0.2) is 0 Å². The maximum absolute atomic E-state index is 5.64. The van der Waals surface area contributed by atoms with Crippen molar-refractivity contribution in [1.82, 2.24) is 10.2 Å². The van der Waals surface area contributed by atoms with Gasteiger partial charge in [0.1, 0.15) is 5.76 Å². The smallest absolute Gasteiger partial charge is 0.122 e. The van der Waals surface area contributed by atoms with E-state index in [4.69, 9.17) is 4.42 Å². The van der Waals surface area contributed by atoms with Crippen molar-refractivity contribution in [3.8, 4) is 0 Å². The zero-order chi connectivity index (χ0) is 13.8. The van der Waals surface area contributed by atoms with E-state index in [9.17, 15) is 0 Å². The van der Waals surface area contributed by atoms with Crippen LogP contribution in [0, 0.1) is 0 Å². The molecule has 3 rings (SSSR count). The summed E-state index contributed by atoms with van der Waals surface area (Å²) in [6.07, 6.45) is 4.44. The van der Waals surface area contributed by atoms with Crippen LogP contribution in [0.5, 0.6) is 0 Å². The number of nitrogens with zero attached hydrogens (tertiary/aromatic N) is 1. The molecule has 20 heavy (non-hydrogen) atoms. The third kappa shape index (κ3) is 3.71. The Kier molecular flexibility index (Phi) is 4.19. The Balaban J connectivity index is 1.55. The largest absolute Gasteiger partial charge is 0.468 e. The first-order valence-electron chi connectivity index (χ1n) is 7.32. The molecule has 106 valence electrons. The molecular formula is C17H22N2O. The second-order valence-electron chi connectivity index (χ2n) is 5.68. The van der Waals surface area contributed by atoms with Crippen molar-refractivity contribution in [3.05, 3.63) is 59.5 Å². The van der Waals surface area contributed by atoms with Gasteiger partial charge in [0.2, 0.25) is 0 Å².